The third-order valence-corrected chi connectivity index (χ3v) is 1.90. The number of aryl methyl sites for hydroxylation is 1. The minimum absolute atomic E-state index is 0.239. The fraction of sp³-hybridized carbons (Fsp3) is 0.400. The Morgan fingerprint density at radius 3 is 3.13 bits per heavy atom. The van der Waals surface area contributed by atoms with Gasteiger partial charge in [0, 0.05) is 31.8 Å². The average Bonchev–Trinajstić information content (AvgIpc) is 2.61. The molecule has 80 valence electrons. The number of nitrogens with zero attached hydrogens (tertiary/aromatic N) is 2. The zero-order valence-electron chi connectivity index (χ0n) is 8.60. The van der Waals surface area contributed by atoms with Gasteiger partial charge in [-0.2, -0.15) is 5.10 Å². The number of amides is 1. The van der Waals surface area contributed by atoms with Crippen molar-refractivity contribution in [1.82, 2.24) is 15.1 Å². The van der Waals surface area contributed by atoms with E-state index in [1.165, 1.54) is 0 Å². The Hall–Kier alpha value is -1.80. The average molecular weight is 206 g/mol. The summed E-state index contributed by atoms with van der Waals surface area (Å²) in [5, 5.41) is 6.66. The van der Waals surface area contributed by atoms with Crippen LogP contribution < -0.4 is 11.1 Å². The second-order valence-electron chi connectivity index (χ2n) is 3.25. The van der Waals surface area contributed by atoms with E-state index in [0.29, 0.717) is 6.54 Å². The molecule has 0 radical (unpaired) electrons. The lowest BCUT2D eigenvalue weighted by atomic mass is 10.2. The molecule has 15 heavy (non-hydrogen) atoms. The first-order valence-electron chi connectivity index (χ1n) is 4.57. The van der Waals surface area contributed by atoms with Gasteiger partial charge in [0.25, 0.3) is 0 Å². The minimum atomic E-state index is -0.633. The highest BCUT2D eigenvalue weighted by Crippen LogP contribution is 1.95. The first-order valence-corrected chi connectivity index (χ1v) is 4.57. The van der Waals surface area contributed by atoms with Crippen LogP contribution in [-0.2, 0) is 18.4 Å². The van der Waals surface area contributed by atoms with Crippen LogP contribution in [-0.4, -0.2) is 21.7 Å². The lowest BCUT2D eigenvalue weighted by Gasteiger charge is -2.08. The van der Waals surface area contributed by atoms with Crippen molar-refractivity contribution < 1.29 is 4.79 Å². The van der Waals surface area contributed by atoms with Crippen LogP contribution in [0.25, 0.3) is 0 Å². The molecule has 0 aromatic carbocycles. The van der Waals surface area contributed by atoms with Gasteiger partial charge in [0.2, 0.25) is 5.91 Å². The van der Waals surface area contributed by atoms with Crippen LogP contribution in [0.2, 0.25) is 0 Å². The van der Waals surface area contributed by atoms with Gasteiger partial charge < -0.3 is 11.1 Å². The summed E-state index contributed by atoms with van der Waals surface area (Å²) in [6.45, 7) is 0.422. The molecule has 5 nitrogen and oxygen atoms in total. The van der Waals surface area contributed by atoms with Crippen molar-refractivity contribution in [3.8, 4) is 12.3 Å². The number of terminal acetylenes is 1. The molecule has 0 saturated carbocycles. The monoisotopic (exact) mass is 206 g/mol. The Morgan fingerprint density at radius 2 is 2.60 bits per heavy atom. The van der Waals surface area contributed by atoms with Gasteiger partial charge in [0.05, 0.1) is 12.2 Å². The Balaban J connectivity index is 2.38. The molecule has 1 atom stereocenters. The molecule has 5 heteroatoms. The zero-order valence-corrected chi connectivity index (χ0v) is 8.60. The second kappa shape index (κ2) is 5.17. The molecular weight excluding hydrogens is 192 g/mol. The number of hydrogen-bond acceptors (Lipinski definition) is 3. The van der Waals surface area contributed by atoms with Crippen LogP contribution in [0.3, 0.4) is 0 Å². The Labute approximate surface area is 88.6 Å². The van der Waals surface area contributed by atoms with E-state index in [4.69, 9.17) is 12.2 Å². The molecule has 1 heterocycles. The normalized spacial score (nSPS) is 11.8. The van der Waals surface area contributed by atoms with Gasteiger partial charge in [0.1, 0.15) is 0 Å². The van der Waals surface area contributed by atoms with E-state index in [-0.39, 0.29) is 12.3 Å². The molecule has 1 unspecified atom stereocenters. The van der Waals surface area contributed by atoms with E-state index < -0.39 is 6.04 Å². The molecule has 0 aliphatic heterocycles. The molecule has 1 aromatic heterocycles. The van der Waals surface area contributed by atoms with Crippen LogP contribution in [0.15, 0.2) is 12.4 Å². The highest BCUT2D eigenvalue weighted by atomic mass is 16.2. The predicted molar refractivity (Wildman–Crippen MR) is 56.5 cm³/mol. The number of nitrogens with one attached hydrogen (secondary N) is 1. The van der Waals surface area contributed by atoms with Crippen molar-refractivity contribution in [2.75, 3.05) is 0 Å². The second-order valence-corrected chi connectivity index (χ2v) is 3.25. The summed E-state index contributed by atoms with van der Waals surface area (Å²) in [7, 11) is 1.81. The van der Waals surface area contributed by atoms with Gasteiger partial charge in [-0.3, -0.25) is 9.48 Å². The van der Waals surface area contributed by atoms with Crippen molar-refractivity contribution in [3.63, 3.8) is 0 Å². The summed E-state index contributed by atoms with van der Waals surface area (Å²) < 4.78 is 1.67. The van der Waals surface area contributed by atoms with Crippen LogP contribution >= 0.6 is 0 Å². The van der Waals surface area contributed by atoms with Crippen molar-refractivity contribution >= 4 is 5.91 Å². The Bertz CT molecular complexity index is 377. The molecule has 0 saturated heterocycles. The topological polar surface area (TPSA) is 72.9 Å². The van der Waals surface area contributed by atoms with Gasteiger partial charge in [-0.25, -0.2) is 0 Å². The summed E-state index contributed by atoms with van der Waals surface area (Å²) in [6, 6.07) is -0.633. The van der Waals surface area contributed by atoms with Gasteiger partial charge in [-0.1, -0.05) is 0 Å². The summed E-state index contributed by atoms with van der Waals surface area (Å²) in [6.07, 6.45) is 8.82. The molecule has 1 aromatic rings. The lowest BCUT2D eigenvalue weighted by Crippen LogP contribution is -2.39. The van der Waals surface area contributed by atoms with E-state index in [1.54, 1.807) is 10.9 Å². The van der Waals surface area contributed by atoms with E-state index >= 15 is 0 Å². The Morgan fingerprint density at radius 1 is 1.87 bits per heavy atom. The molecule has 0 aliphatic carbocycles. The zero-order chi connectivity index (χ0) is 11.3. The number of nitrogens with two attached hydrogens (primary N) is 1. The molecular formula is C10H14N4O. The van der Waals surface area contributed by atoms with Crippen LogP contribution in [0, 0.1) is 12.3 Å². The van der Waals surface area contributed by atoms with Gasteiger partial charge in [-0.05, 0) is 0 Å². The summed E-state index contributed by atoms with van der Waals surface area (Å²) in [5.74, 6) is 2.11. The third-order valence-electron chi connectivity index (χ3n) is 1.90. The summed E-state index contributed by atoms with van der Waals surface area (Å²) in [5.41, 5.74) is 6.45. The largest absolute Gasteiger partial charge is 0.351 e. The van der Waals surface area contributed by atoms with E-state index in [9.17, 15) is 4.79 Å². The van der Waals surface area contributed by atoms with E-state index in [2.05, 4.69) is 16.3 Å². The first-order chi connectivity index (χ1) is 7.13. The number of carbonyl (C=O) groups excluding carboxylic acids is 1. The smallest absolute Gasteiger partial charge is 0.238 e. The standard InChI is InChI=1S/C10H14N4O/c1-3-4-9(11)10(15)12-5-8-6-13-14(2)7-8/h1,6-7,9H,4-5,11H2,2H3,(H,12,15). The lowest BCUT2D eigenvalue weighted by molar-refractivity contribution is -0.122. The van der Waals surface area contributed by atoms with Crippen LogP contribution in [0.4, 0.5) is 0 Å². The number of hydrogen-bond donors (Lipinski definition) is 2. The maximum atomic E-state index is 11.4. The maximum Gasteiger partial charge on any atom is 0.238 e. The Kier molecular flexibility index (Phi) is 3.89. The molecule has 0 aliphatic rings. The molecule has 0 spiro atoms. The van der Waals surface area contributed by atoms with Crippen molar-refractivity contribution in [2.24, 2.45) is 12.8 Å². The van der Waals surface area contributed by atoms with Crippen LogP contribution in [0.5, 0.6) is 0 Å². The minimum Gasteiger partial charge on any atom is -0.351 e. The summed E-state index contributed by atoms with van der Waals surface area (Å²) in [4.78, 5) is 11.4. The third kappa shape index (κ3) is 3.44. The SMILES string of the molecule is C#CCC(N)C(=O)NCc1cnn(C)c1. The first kappa shape index (κ1) is 11.3. The number of rotatable bonds is 4. The molecule has 0 fully saturated rings. The fourth-order valence-corrected chi connectivity index (χ4v) is 1.10. The van der Waals surface area contributed by atoms with Gasteiger partial charge in [0.15, 0.2) is 0 Å². The highest BCUT2D eigenvalue weighted by molar-refractivity contribution is 5.81. The predicted octanol–water partition coefficient (Wildman–Crippen LogP) is -0.613. The van der Waals surface area contributed by atoms with E-state index in [1.807, 2.05) is 13.2 Å². The number of aromatic nitrogens is 2. The van der Waals surface area contributed by atoms with Gasteiger partial charge >= 0.3 is 0 Å². The van der Waals surface area contributed by atoms with Crippen LogP contribution in [0.1, 0.15) is 12.0 Å². The number of carbonyl (C=O) groups is 1. The highest BCUT2D eigenvalue weighted by Gasteiger charge is 2.11. The van der Waals surface area contributed by atoms with Crippen molar-refractivity contribution in [3.05, 3.63) is 18.0 Å². The quantitative estimate of drug-likeness (QED) is 0.645. The van der Waals surface area contributed by atoms with Crippen molar-refractivity contribution in [2.45, 2.75) is 19.0 Å². The summed E-state index contributed by atoms with van der Waals surface area (Å²) >= 11 is 0. The van der Waals surface area contributed by atoms with Crippen molar-refractivity contribution in [1.29, 1.82) is 0 Å². The fourth-order valence-electron chi connectivity index (χ4n) is 1.10. The molecule has 1 rings (SSSR count). The molecule has 0 bridgehead atoms. The van der Waals surface area contributed by atoms with Gasteiger partial charge in [-0.15, -0.1) is 12.3 Å². The molecule has 3 N–H and O–H groups in total. The maximum absolute atomic E-state index is 11.4. The van der Waals surface area contributed by atoms with E-state index in [0.717, 1.165) is 5.56 Å². The molecule has 1 amide bonds.